The Bertz CT molecular complexity index is 1280. The fourth-order valence-corrected chi connectivity index (χ4v) is 4.46. The number of benzene rings is 2. The molecule has 0 saturated heterocycles. The molecule has 0 radical (unpaired) electrons. The highest BCUT2D eigenvalue weighted by molar-refractivity contribution is 6.31. The van der Waals surface area contributed by atoms with E-state index in [0.717, 1.165) is 23.9 Å². The molecule has 2 heterocycles. The van der Waals surface area contributed by atoms with Crippen LogP contribution in [0.1, 0.15) is 39.6 Å². The zero-order valence-corrected chi connectivity index (χ0v) is 17.8. The highest BCUT2D eigenvalue weighted by atomic mass is 35.5. The summed E-state index contributed by atoms with van der Waals surface area (Å²) < 4.78 is 7.01. The maximum atomic E-state index is 12.0. The molecule has 7 heteroatoms. The van der Waals surface area contributed by atoms with Gasteiger partial charge >= 0.3 is 5.97 Å². The van der Waals surface area contributed by atoms with Crippen molar-refractivity contribution in [1.29, 1.82) is 0 Å². The van der Waals surface area contributed by atoms with Gasteiger partial charge in [0.15, 0.2) is 11.3 Å². The smallest absolute Gasteiger partial charge is 0.356 e. The minimum atomic E-state index is -0.478. The van der Waals surface area contributed by atoms with E-state index in [2.05, 4.69) is 39.1 Å². The van der Waals surface area contributed by atoms with Gasteiger partial charge in [-0.1, -0.05) is 54.1 Å². The van der Waals surface area contributed by atoms with Crippen LogP contribution in [-0.2, 0) is 17.7 Å². The van der Waals surface area contributed by atoms with Crippen LogP contribution in [-0.4, -0.2) is 27.6 Å². The lowest BCUT2D eigenvalue weighted by atomic mass is 10.1. The number of anilines is 1. The third-order valence-corrected chi connectivity index (χ3v) is 6.12. The number of carbonyl (C=O) groups excluding carboxylic acids is 1. The lowest BCUT2D eigenvalue weighted by Gasteiger charge is -2.19. The summed E-state index contributed by atoms with van der Waals surface area (Å²) in [5.74, 6) is 0.222. The van der Waals surface area contributed by atoms with Crippen molar-refractivity contribution in [2.75, 3.05) is 12.4 Å². The molecule has 1 atom stereocenters. The number of methoxy groups -OCH3 is 1. The van der Waals surface area contributed by atoms with Crippen molar-refractivity contribution >= 4 is 34.7 Å². The molecule has 6 nitrogen and oxygen atoms in total. The molecule has 156 valence electrons. The number of imidazole rings is 1. The minimum Gasteiger partial charge on any atom is -0.464 e. The van der Waals surface area contributed by atoms with Gasteiger partial charge in [0.25, 0.3) is 0 Å². The molecule has 1 unspecified atom stereocenters. The topological polar surface area (TPSA) is 69.0 Å². The second-order valence-electron chi connectivity index (χ2n) is 7.53. The van der Waals surface area contributed by atoms with Crippen LogP contribution in [0.5, 0.6) is 0 Å². The van der Waals surface area contributed by atoms with Gasteiger partial charge in [-0.05, 0) is 47.7 Å². The van der Waals surface area contributed by atoms with Crippen LogP contribution >= 0.6 is 11.6 Å². The number of ether oxygens (including phenoxy) is 1. The van der Waals surface area contributed by atoms with E-state index < -0.39 is 5.97 Å². The first-order valence-electron chi connectivity index (χ1n) is 10.2. The molecule has 0 aliphatic heterocycles. The summed E-state index contributed by atoms with van der Waals surface area (Å²) in [5, 5.41) is 4.15. The van der Waals surface area contributed by atoms with Crippen molar-refractivity contribution < 1.29 is 9.53 Å². The van der Waals surface area contributed by atoms with Crippen LogP contribution in [0.2, 0.25) is 5.02 Å². The number of nitrogens with zero attached hydrogens (tertiary/aromatic N) is 3. The molecule has 31 heavy (non-hydrogen) atoms. The molecule has 0 amide bonds. The van der Waals surface area contributed by atoms with Gasteiger partial charge in [0.05, 0.1) is 18.7 Å². The third-order valence-electron chi connectivity index (χ3n) is 5.76. The van der Waals surface area contributed by atoms with Crippen molar-refractivity contribution in [3.05, 3.63) is 88.1 Å². The van der Waals surface area contributed by atoms with E-state index in [-0.39, 0.29) is 11.7 Å². The average molecular weight is 433 g/mol. The number of hydrogen-bond donors (Lipinski definition) is 1. The summed E-state index contributed by atoms with van der Waals surface area (Å²) in [4.78, 5) is 21.2. The number of aryl methyl sites for hydroxylation is 1. The molecule has 0 spiro atoms. The van der Waals surface area contributed by atoms with E-state index >= 15 is 0 Å². The van der Waals surface area contributed by atoms with Gasteiger partial charge in [0, 0.05) is 11.6 Å². The van der Waals surface area contributed by atoms with Crippen molar-refractivity contribution in [2.24, 2.45) is 0 Å². The number of esters is 1. The first kappa shape index (κ1) is 19.6. The molecule has 0 fully saturated rings. The zero-order chi connectivity index (χ0) is 21.4. The van der Waals surface area contributed by atoms with Gasteiger partial charge in [-0.15, -0.1) is 0 Å². The Morgan fingerprint density at radius 2 is 1.94 bits per heavy atom. The quantitative estimate of drug-likeness (QED) is 0.448. The van der Waals surface area contributed by atoms with Gasteiger partial charge in [0.2, 0.25) is 5.95 Å². The van der Waals surface area contributed by atoms with Crippen molar-refractivity contribution in [2.45, 2.75) is 25.4 Å². The van der Waals surface area contributed by atoms with Gasteiger partial charge in [-0.3, -0.25) is 0 Å². The molecule has 1 aliphatic rings. The van der Waals surface area contributed by atoms with Crippen LogP contribution in [0.25, 0.3) is 11.2 Å². The first-order valence-corrected chi connectivity index (χ1v) is 10.6. The van der Waals surface area contributed by atoms with E-state index in [4.69, 9.17) is 21.3 Å². The standard InChI is InChI=1S/C24H21ClN4O2/c1-31-23(30)19-11-13-21-22(27-19)28-24(26-14-16-7-3-5-9-18(16)25)29(21)20-12-10-15-6-2-4-8-17(15)20/h2-9,11,13,20H,10,12,14H2,1H3,(H,26,27,28). The number of aromatic nitrogens is 3. The summed E-state index contributed by atoms with van der Waals surface area (Å²) in [5.41, 5.74) is 5.25. The molecule has 5 rings (SSSR count). The highest BCUT2D eigenvalue weighted by Crippen LogP contribution is 2.38. The number of rotatable bonds is 5. The second-order valence-corrected chi connectivity index (χ2v) is 7.94. The lowest BCUT2D eigenvalue weighted by molar-refractivity contribution is 0.0594. The Morgan fingerprint density at radius 1 is 1.13 bits per heavy atom. The molecular formula is C24H21ClN4O2. The van der Waals surface area contributed by atoms with Gasteiger partial charge < -0.3 is 14.6 Å². The monoisotopic (exact) mass is 432 g/mol. The average Bonchev–Trinajstić information content (AvgIpc) is 3.38. The van der Waals surface area contributed by atoms with Crippen molar-refractivity contribution in [3.63, 3.8) is 0 Å². The van der Waals surface area contributed by atoms with Crippen LogP contribution < -0.4 is 5.32 Å². The Kier molecular flexibility index (Phi) is 5.08. The third kappa shape index (κ3) is 3.53. The largest absolute Gasteiger partial charge is 0.464 e. The van der Waals surface area contributed by atoms with Gasteiger partial charge in [-0.2, -0.15) is 4.98 Å². The maximum absolute atomic E-state index is 12.0. The zero-order valence-electron chi connectivity index (χ0n) is 17.0. The van der Waals surface area contributed by atoms with E-state index in [1.54, 1.807) is 6.07 Å². The normalized spacial score (nSPS) is 15.1. The fourth-order valence-electron chi connectivity index (χ4n) is 4.26. The van der Waals surface area contributed by atoms with E-state index in [1.807, 2.05) is 30.3 Å². The van der Waals surface area contributed by atoms with Crippen LogP contribution in [0.4, 0.5) is 5.95 Å². The predicted molar refractivity (Wildman–Crippen MR) is 121 cm³/mol. The van der Waals surface area contributed by atoms with E-state index in [1.165, 1.54) is 18.2 Å². The molecule has 1 N–H and O–H groups in total. The Morgan fingerprint density at radius 3 is 2.77 bits per heavy atom. The maximum Gasteiger partial charge on any atom is 0.356 e. The van der Waals surface area contributed by atoms with E-state index in [0.29, 0.717) is 23.2 Å². The summed E-state index contributed by atoms with van der Waals surface area (Å²) in [7, 11) is 1.35. The summed E-state index contributed by atoms with van der Waals surface area (Å²) >= 11 is 6.34. The number of halogens is 1. The molecule has 2 aromatic carbocycles. The second kappa shape index (κ2) is 8.04. The van der Waals surface area contributed by atoms with Crippen LogP contribution in [0.15, 0.2) is 60.7 Å². The Labute approximate surface area is 184 Å². The number of pyridine rings is 1. The predicted octanol–water partition coefficient (Wildman–Crippen LogP) is 5.02. The first-order chi connectivity index (χ1) is 15.2. The summed E-state index contributed by atoms with van der Waals surface area (Å²) in [6, 6.07) is 20.0. The van der Waals surface area contributed by atoms with E-state index in [9.17, 15) is 4.79 Å². The highest BCUT2D eigenvalue weighted by Gasteiger charge is 2.28. The van der Waals surface area contributed by atoms with Crippen LogP contribution in [0, 0.1) is 0 Å². The molecule has 2 aromatic heterocycles. The molecule has 0 bridgehead atoms. The minimum absolute atomic E-state index is 0.140. The molecule has 0 saturated carbocycles. The Hall–Kier alpha value is -3.38. The lowest BCUT2D eigenvalue weighted by Crippen LogP contribution is -2.13. The number of nitrogens with one attached hydrogen (secondary N) is 1. The van der Waals surface area contributed by atoms with Crippen molar-refractivity contribution in [3.8, 4) is 0 Å². The molecular weight excluding hydrogens is 412 g/mol. The van der Waals surface area contributed by atoms with Gasteiger partial charge in [0.1, 0.15) is 0 Å². The number of fused-ring (bicyclic) bond motifs is 2. The summed E-state index contributed by atoms with van der Waals surface area (Å²) in [6.45, 7) is 0.529. The van der Waals surface area contributed by atoms with Crippen LogP contribution in [0.3, 0.4) is 0 Å². The number of hydrogen-bond acceptors (Lipinski definition) is 5. The fraction of sp³-hybridized carbons (Fsp3) is 0.208. The van der Waals surface area contributed by atoms with Crippen molar-refractivity contribution in [1.82, 2.24) is 14.5 Å². The van der Waals surface area contributed by atoms with Gasteiger partial charge in [-0.25, -0.2) is 9.78 Å². The Balaban J connectivity index is 1.60. The molecule has 1 aliphatic carbocycles. The summed E-state index contributed by atoms with van der Waals surface area (Å²) in [6.07, 6.45) is 1.99. The SMILES string of the molecule is COC(=O)c1ccc2c(n1)nc(NCc1ccccc1Cl)n2C1CCc2ccccc21. The number of carbonyl (C=O) groups is 1. The molecule has 4 aromatic rings.